The van der Waals surface area contributed by atoms with Crippen molar-refractivity contribution in [1.82, 2.24) is 9.80 Å². The van der Waals surface area contributed by atoms with E-state index < -0.39 is 12.0 Å². The summed E-state index contributed by atoms with van der Waals surface area (Å²) in [6.07, 6.45) is 2.28. The maximum Gasteiger partial charge on any atom is 0.338 e. The number of hydrogen-bond donors (Lipinski definition) is 0. The van der Waals surface area contributed by atoms with Gasteiger partial charge in [0.1, 0.15) is 6.61 Å². The van der Waals surface area contributed by atoms with Gasteiger partial charge in [0.25, 0.3) is 0 Å². The molecule has 0 radical (unpaired) electrons. The molecule has 0 unspecified atom stereocenters. The number of aliphatic imine (C=N–C) groups is 1. The van der Waals surface area contributed by atoms with E-state index in [-0.39, 0.29) is 18.9 Å². The smallest absolute Gasteiger partial charge is 0.338 e. The maximum absolute atomic E-state index is 13.7. The number of likely N-dealkylation sites (tertiary alicyclic amines) is 1. The van der Waals surface area contributed by atoms with Crippen LogP contribution in [0.5, 0.6) is 11.5 Å². The molecule has 1 fully saturated rings. The highest BCUT2D eigenvalue weighted by atomic mass is 32.2. The van der Waals surface area contributed by atoms with E-state index in [2.05, 4.69) is 0 Å². The molecule has 9 heteroatoms. The average molecular weight is 534 g/mol. The Kier molecular flexibility index (Phi) is 7.74. The minimum absolute atomic E-state index is 0.0754. The zero-order chi connectivity index (χ0) is 26.6. The van der Waals surface area contributed by atoms with E-state index in [4.69, 9.17) is 19.2 Å². The summed E-state index contributed by atoms with van der Waals surface area (Å²) in [6.45, 7) is 3.52. The molecule has 0 bridgehead atoms. The van der Waals surface area contributed by atoms with Crippen LogP contribution >= 0.6 is 11.8 Å². The van der Waals surface area contributed by atoms with Gasteiger partial charge in [-0.2, -0.15) is 0 Å². The number of rotatable bonds is 8. The molecule has 2 aromatic rings. The summed E-state index contributed by atoms with van der Waals surface area (Å²) in [4.78, 5) is 35.5. The third kappa shape index (κ3) is 5.03. The van der Waals surface area contributed by atoms with E-state index >= 15 is 0 Å². The Morgan fingerprint density at radius 2 is 1.79 bits per heavy atom. The number of benzene rings is 2. The third-order valence-corrected chi connectivity index (χ3v) is 7.84. The number of thioether (sulfide) groups is 1. The summed E-state index contributed by atoms with van der Waals surface area (Å²) < 4.78 is 17.2. The molecule has 1 saturated heterocycles. The van der Waals surface area contributed by atoms with Crippen molar-refractivity contribution < 1.29 is 23.8 Å². The molecule has 38 heavy (non-hydrogen) atoms. The van der Waals surface area contributed by atoms with Crippen molar-refractivity contribution in [3.8, 4) is 11.5 Å². The summed E-state index contributed by atoms with van der Waals surface area (Å²) in [5.41, 5.74) is 3.38. The number of ether oxygens (including phenoxy) is 3. The lowest BCUT2D eigenvalue weighted by molar-refractivity contribution is -0.141. The van der Waals surface area contributed by atoms with Crippen LogP contribution in [0.25, 0.3) is 0 Å². The number of allylic oxidation sites excluding steroid dienone is 1. The van der Waals surface area contributed by atoms with E-state index in [1.165, 1.54) is 11.8 Å². The zero-order valence-electron chi connectivity index (χ0n) is 21.8. The monoisotopic (exact) mass is 533 g/mol. The van der Waals surface area contributed by atoms with Crippen molar-refractivity contribution in [2.75, 3.05) is 27.3 Å². The predicted molar refractivity (Wildman–Crippen MR) is 147 cm³/mol. The topological polar surface area (TPSA) is 80.7 Å². The van der Waals surface area contributed by atoms with Gasteiger partial charge in [-0.05, 0) is 36.8 Å². The van der Waals surface area contributed by atoms with E-state index in [1.54, 1.807) is 14.2 Å². The number of esters is 1. The highest BCUT2D eigenvalue weighted by Gasteiger charge is 2.43. The molecule has 0 N–H and O–H groups in total. The molecule has 1 atom stereocenters. The Morgan fingerprint density at radius 3 is 2.50 bits per heavy atom. The second kappa shape index (κ2) is 11.3. The Bertz CT molecular complexity index is 1310. The quantitative estimate of drug-likeness (QED) is 0.440. The summed E-state index contributed by atoms with van der Waals surface area (Å²) in [7, 11) is 3.16. The Labute approximate surface area is 226 Å². The molecule has 5 rings (SSSR count). The standard InChI is InChI=1S/C29H31N3O5S/c1-19-25(28(34)37-17-20-10-5-4-6-11-20)26(22-12-9-13-23(35-2)27(22)36-3)32-21(18-38-29(32)30-19)16-24(33)31-14-7-8-15-31/h4-6,9-13,18,26H,7-8,14-17H2,1-3H3/t26-/m0/s1. The molecule has 0 aromatic heterocycles. The molecule has 3 heterocycles. The van der Waals surface area contributed by atoms with Gasteiger partial charge in [0.05, 0.1) is 38.0 Å². The first-order valence-electron chi connectivity index (χ1n) is 12.7. The van der Waals surface area contributed by atoms with E-state index in [9.17, 15) is 9.59 Å². The van der Waals surface area contributed by atoms with Crippen LogP contribution in [0.2, 0.25) is 0 Å². The molecular formula is C29H31N3O5S. The molecule has 0 spiro atoms. The van der Waals surface area contributed by atoms with Gasteiger partial charge in [-0.3, -0.25) is 4.79 Å². The molecule has 0 saturated carbocycles. The van der Waals surface area contributed by atoms with Crippen LogP contribution in [0.4, 0.5) is 0 Å². The van der Waals surface area contributed by atoms with Gasteiger partial charge in [0.15, 0.2) is 16.7 Å². The fraction of sp³-hybridized carbons (Fsp3) is 0.345. The lowest BCUT2D eigenvalue weighted by Crippen LogP contribution is -2.38. The van der Waals surface area contributed by atoms with Gasteiger partial charge in [0.2, 0.25) is 5.91 Å². The fourth-order valence-electron chi connectivity index (χ4n) is 5.09. The van der Waals surface area contributed by atoms with Crippen LogP contribution in [-0.2, 0) is 20.9 Å². The number of fused-ring (bicyclic) bond motifs is 1. The van der Waals surface area contributed by atoms with Gasteiger partial charge >= 0.3 is 5.97 Å². The highest BCUT2D eigenvalue weighted by molar-refractivity contribution is 8.16. The number of nitrogens with zero attached hydrogens (tertiary/aromatic N) is 3. The van der Waals surface area contributed by atoms with Crippen LogP contribution in [0.15, 0.2) is 75.9 Å². The zero-order valence-corrected chi connectivity index (χ0v) is 22.6. The second-order valence-corrected chi connectivity index (χ2v) is 10.1. The maximum atomic E-state index is 13.7. The van der Waals surface area contributed by atoms with Crippen LogP contribution in [0, 0.1) is 0 Å². The lowest BCUT2D eigenvalue weighted by atomic mass is 9.92. The highest BCUT2D eigenvalue weighted by Crippen LogP contribution is 2.48. The SMILES string of the molecule is COc1cccc([C@H]2C(C(=O)OCc3ccccc3)=C(C)N=C3SC=C(CC(=O)N4CCCC4)N32)c1OC. The van der Waals surface area contributed by atoms with Crippen molar-refractivity contribution >= 4 is 28.8 Å². The summed E-state index contributed by atoms with van der Waals surface area (Å²) in [5, 5.41) is 2.67. The molecule has 3 aliphatic heterocycles. The number of hydrogen-bond acceptors (Lipinski definition) is 8. The molecular weight excluding hydrogens is 502 g/mol. The fourth-order valence-corrected chi connectivity index (χ4v) is 6.05. The molecule has 2 aromatic carbocycles. The van der Waals surface area contributed by atoms with Crippen molar-refractivity contribution in [1.29, 1.82) is 0 Å². The summed E-state index contributed by atoms with van der Waals surface area (Å²) in [6, 6.07) is 14.5. The number of carbonyl (C=O) groups excluding carboxylic acids is 2. The van der Waals surface area contributed by atoms with Crippen molar-refractivity contribution in [3.63, 3.8) is 0 Å². The normalized spacial score (nSPS) is 18.7. The number of carbonyl (C=O) groups is 2. The second-order valence-electron chi connectivity index (χ2n) is 9.30. The first-order chi connectivity index (χ1) is 18.5. The Balaban J connectivity index is 1.53. The summed E-state index contributed by atoms with van der Waals surface area (Å²) >= 11 is 1.45. The minimum atomic E-state index is -0.608. The number of amides is 1. The van der Waals surface area contributed by atoms with Gasteiger partial charge in [-0.15, -0.1) is 0 Å². The number of methoxy groups -OCH3 is 2. The van der Waals surface area contributed by atoms with Gasteiger partial charge < -0.3 is 24.0 Å². The first kappa shape index (κ1) is 25.9. The first-order valence-corrected chi connectivity index (χ1v) is 13.5. The number of para-hydroxylation sites is 1. The average Bonchev–Trinajstić information content (AvgIpc) is 3.62. The molecule has 3 aliphatic rings. The van der Waals surface area contributed by atoms with E-state index in [0.29, 0.717) is 27.9 Å². The van der Waals surface area contributed by atoms with Crippen molar-refractivity contribution in [2.45, 2.75) is 38.8 Å². The van der Waals surface area contributed by atoms with Crippen molar-refractivity contribution in [2.24, 2.45) is 4.99 Å². The molecule has 8 nitrogen and oxygen atoms in total. The van der Waals surface area contributed by atoms with Gasteiger partial charge in [-0.1, -0.05) is 54.2 Å². The van der Waals surface area contributed by atoms with Crippen LogP contribution in [-0.4, -0.2) is 54.2 Å². The van der Waals surface area contributed by atoms with Crippen LogP contribution in [0.1, 0.15) is 43.4 Å². The van der Waals surface area contributed by atoms with E-state index in [1.807, 2.05) is 70.7 Å². The summed E-state index contributed by atoms with van der Waals surface area (Å²) in [5.74, 6) is 0.677. The van der Waals surface area contributed by atoms with Gasteiger partial charge in [0, 0.05) is 24.4 Å². The largest absolute Gasteiger partial charge is 0.493 e. The van der Waals surface area contributed by atoms with E-state index in [0.717, 1.165) is 42.8 Å². The third-order valence-electron chi connectivity index (χ3n) is 6.95. The van der Waals surface area contributed by atoms with Crippen LogP contribution in [0.3, 0.4) is 0 Å². The Hall–Kier alpha value is -3.72. The Morgan fingerprint density at radius 1 is 1.03 bits per heavy atom. The van der Waals surface area contributed by atoms with Crippen LogP contribution < -0.4 is 9.47 Å². The minimum Gasteiger partial charge on any atom is -0.493 e. The molecule has 1 amide bonds. The lowest BCUT2D eigenvalue weighted by Gasteiger charge is -2.37. The van der Waals surface area contributed by atoms with Gasteiger partial charge in [-0.25, -0.2) is 9.79 Å². The molecule has 198 valence electrons. The number of amidine groups is 1. The van der Waals surface area contributed by atoms with Crippen molar-refractivity contribution in [3.05, 3.63) is 82.0 Å². The molecule has 0 aliphatic carbocycles. The predicted octanol–water partition coefficient (Wildman–Crippen LogP) is 5.03.